The predicted molar refractivity (Wildman–Crippen MR) is 163 cm³/mol. The molecule has 0 aliphatic rings. The molecule has 0 bridgehead atoms. The summed E-state index contributed by atoms with van der Waals surface area (Å²) in [7, 11) is -2.59. The summed E-state index contributed by atoms with van der Waals surface area (Å²) in [6.45, 7) is 5.80. The highest BCUT2D eigenvalue weighted by Crippen LogP contribution is 2.27. The molecule has 0 radical (unpaired) electrons. The molecule has 1 atom stereocenters. The molecule has 0 spiro atoms. The molecular weight excluding hydrogens is 562 g/mol. The summed E-state index contributed by atoms with van der Waals surface area (Å²) >= 11 is 6.23. The topological polar surface area (TPSA) is 96.0 Å². The molecule has 0 saturated heterocycles. The zero-order chi connectivity index (χ0) is 30.0. The second-order valence-electron chi connectivity index (χ2n) is 9.74. The summed E-state index contributed by atoms with van der Waals surface area (Å²) < 4.78 is 34.1. The van der Waals surface area contributed by atoms with Crippen LogP contribution >= 0.6 is 11.6 Å². The smallest absolute Gasteiger partial charge is 0.264 e. The molecule has 1 unspecified atom stereocenters. The summed E-state index contributed by atoms with van der Waals surface area (Å²) in [4.78, 5) is 28.8. The normalized spacial score (nSPS) is 11.9. The third kappa shape index (κ3) is 8.47. The second-order valence-corrected chi connectivity index (χ2v) is 12.0. The number of methoxy groups -OCH3 is 1. The number of anilines is 1. The van der Waals surface area contributed by atoms with Gasteiger partial charge in [-0.15, -0.1) is 0 Å². The lowest BCUT2D eigenvalue weighted by molar-refractivity contribution is -0.140. The van der Waals surface area contributed by atoms with Gasteiger partial charge in [0.15, 0.2) is 0 Å². The van der Waals surface area contributed by atoms with Gasteiger partial charge >= 0.3 is 0 Å². The molecule has 1 N–H and O–H groups in total. The summed E-state index contributed by atoms with van der Waals surface area (Å²) in [5.74, 6) is -0.139. The van der Waals surface area contributed by atoms with Crippen molar-refractivity contribution in [3.05, 3.63) is 88.9 Å². The van der Waals surface area contributed by atoms with Crippen LogP contribution in [0.15, 0.2) is 77.7 Å². The molecule has 0 aliphatic carbocycles. The van der Waals surface area contributed by atoms with E-state index in [1.807, 2.05) is 32.9 Å². The molecule has 8 nitrogen and oxygen atoms in total. The monoisotopic (exact) mass is 599 g/mol. The highest BCUT2D eigenvalue weighted by Gasteiger charge is 2.33. The number of rotatable bonds is 14. The minimum atomic E-state index is -4.16. The van der Waals surface area contributed by atoms with Crippen LogP contribution in [0.5, 0.6) is 5.75 Å². The molecule has 3 aromatic rings. The maximum absolute atomic E-state index is 14.1. The molecule has 220 valence electrons. The Hall–Kier alpha value is -3.56. The summed E-state index contributed by atoms with van der Waals surface area (Å²) in [5, 5.41) is 3.26. The van der Waals surface area contributed by atoms with E-state index in [9.17, 15) is 18.0 Å². The Labute approximate surface area is 248 Å². The number of hydrogen-bond donors (Lipinski definition) is 1. The Morgan fingerprint density at radius 3 is 2.27 bits per heavy atom. The molecule has 10 heteroatoms. The quantitative estimate of drug-likeness (QED) is 0.244. The number of carbonyl (C=O) groups excluding carboxylic acids is 2. The Bertz CT molecular complexity index is 1410. The number of unbranched alkanes of at least 4 members (excludes halogenated alkanes) is 1. The first-order valence-corrected chi connectivity index (χ1v) is 15.5. The van der Waals surface area contributed by atoms with Gasteiger partial charge in [0.05, 0.1) is 17.7 Å². The number of benzene rings is 3. The number of hydrogen-bond acceptors (Lipinski definition) is 5. The van der Waals surface area contributed by atoms with E-state index in [2.05, 4.69) is 5.32 Å². The van der Waals surface area contributed by atoms with Gasteiger partial charge in [-0.25, -0.2) is 8.42 Å². The van der Waals surface area contributed by atoms with E-state index in [4.69, 9.17) is 16.3 Å². The van der Waals surface area contributed by atoms with Gasteiger partial charge in [0, 0.05) is 18.1 Å². The van der Waals surface area contributed by atoms with Crippen molar-refractivity contribution < 1.29 is 22.7 Å². The van der Waals surface area contributed by atoms with Crippen LogP contribution in [0.4, 0.5) is 5.69 Å². The number of amides is 2. The lowest BCUT2D eigenvalue weighted by Gasteiger charge is -2.33. The summed E-state index contributed by atoms with van der Waals surface area (Å²) in [5.41, 5.74) is 1.92. The van der Waals surface area contributed by atoms with Gasteiger partial charge in [0.25, 0.3) is 10.0 Å². The minimum absolute atomic E-state index is 0.0435. The second kappa shape index (κ2) is 14.9. The van der Waals surface area contributed by atoms with Gasteiger partial charge in [-0.1, -0.05) is 67.8 Å². The molecular formula is C31H38ClN3O5S. The molecule has 0 aromatic heterocycles. The zero-order valence-corrected chi connectivity index (χ0v) is 25.5. The number of nitrogens with zero attached hydrogens (tertiary/aromatic N) is 2. The number of halogens is 1. The van der Waals surface area contributed by atoms with Crippen LogP contribution in [0.1, 0.15) is 44.2 Å². The summed E-state index contributed by atoms with van der Waals surface area (Å²) in [6.07, 6.45) is 2.07. The number of ether oxygens (including phenoxy) is 1. The largest absolute Gasteiger partial charge is 0.497 e. The molecule has 3 rings (SSSR count). The van der Waals surface area contributed by atoms with Gasteiger partial charge in [-0.2, -0.15) is 0 Å². The predicted octanol–water partition coefficient (Wildman–Crippen LogP) is 5.58. The average molecular weight is 600 g/mol. The lowest BCUT2D eigenvalue weighted by atomic mass is 10.1. The van der Waals surface area contributed by atoms with Crippen molar-refractivity contribution in [1.29, 1.82) is 0 Å². The third-order valence-corrected chi connectivity index (χ3v) is 8.73. The van der Waals surface area contributed by atoms with Crippen molar-refractivity contribution in [1.82, 2.24) is 10.2 Å². The Morgan fingerprint density at radius 2 is 1.68 bits per heavy atom. The maximum atomic E-state index is 14.1. The van der Waals surface area contributed by atoms with Crippen LogP contribution in [0.2, 0.25) is 5.02 Å². The number of nitrogens with one attached hydrogen (secondary N) is 1. The number of sulfonamides is 1. The van der Waals surface area contributed by atoms with Crippen LogP contribution < -0.4 is 14.4 Å². The van der Waals surface area contributed by atoms with Crippen LogP contribution in [-0.4, -0.2) is 51.4 Å². The van der Waals surface area contributed by atoms with E-state index in [0.29, 0.717) is 23.7 Å². The fraction of sp³-hybridized carbons (Fsp3) is 0.355. The highest BCUT2D eigenvalue weighted by molar-refractivity contribution is 7.92. The molecule has 0 heterocycles. The molecule has 41 heavy (non-hydrogen) atoms. The van der Waals surface area contributed by atoms with Crippen molar-refractivity contribution in [3.8, 4) is 5.75 Å². The van der Waals surface area contributed by atoms with Crippen LogP contribution in [0.25, 0.3) is 0 Å². The van der Waals surface area contributed by atoms with Crippen molar-refractivity contribution in [3.63, 3.8) is 0 Å². The van der Waals surface area contributed by atoms with Gasteiger partial charge in [-0.05, 0) is 67.8 Å². The SMILES string of the molecule is CCCCNC(=O)C(CC)N(Cc1ccc(OC)cc1)C(=O)CN(c1cccc(Cl)c1)S(=O)(=O)c1ccc(C)cc1. The fourth-order valence-corrected chi connectivity index (χ4v) is 5.94. The van der Waals surface area contributed by atoms with Gasteiger partial charge in [0.2, 0.25) is 11.8 Å². The van der Waals surface area contributed by atoms with Crippen molar-refractivity contribution in [2.45, 2.75) is 57.5 Å². The Morgan fingerprint density at radius 1 is 1.00 bits per heavy atom. The number of carbonyl (C=O) groups is 2. The molecule has 0 fully saturated rings. The van der Waals surface area contributed by atoms with Crippen LogP contribution in [0, 0.1) is 6.92 Å². The summed E-state index contributed by atoms with van der Waals surface area (Å²) in [6, 6.07) is 19.2. The van der Waals surface area contributed by atoms with Crippen molar-refractivity contribution >= 4 is 39.1 Å². The lowest BCUT2D eigenvalue weighted by Crippen LogP contribution is -2.52. The maximum Gasteiger partial charge on any atom is 0.264 e. The first-order valence-electron chi connectivity index (χ1n) is 13.7. The zero-order valence-electron chi connectivity index (χ0n) is 24.0. The van der Waals surface area contributed by atoms with Gasteiger partial charge in [-0.3, -0.25) is 13.9 Å². The van der Waals surface area contributed by atoms with E-state index in [-0.39, 0.29) is 23.0 Å². The van der Waals surface area contributed by atoms with E-state index in [1.54, 1.807) is 49.6 Å². The Kier molecular flexibility index (Phi) is 11.6. The van der Waals surface area contributed by atoms with Crippen LogP contribution in [-0.2, 0) is 26.2 Å². The van der Waals surface area contributed by atoms with Crippen LogP contribution in [0.3, 0.4) is 0 Å². The minimum Gasteiger partial charge on any atom is -0.497 e. The van der Waals surface area contributed by atoms with E-state index in [1.165, 1.54) is 23.1 Å². The number of aryl methyl sites for hydroxylation is 1. The Balaban J connectivity index is 2.03. The molecule has 3 aromatic carbocycles. The van der Waals surface area contributed by atoms with E-state index < -0.39 is 28.5 Å². The third-order valence-electron chi connectivity index (χ3n) is 6.71. The fourth-order valence-electron chi connectivity index (χ4n) is 4.35. The first-order chi connectivity index (χ1) is 19.6. The molecule has 2 amide bonds. The standard InChI is InChI=1S/C31H38ClN3O5S/c1-5-7-19-33-31(37)29(6-2)34(21-24-13-15-27(40-4)16-14-24)30(36)22-35(26-10-8-9-25(32)20-26)41(38,39)28-17-11-23(3)12-18-28/h8-18,20,29H,5-7,19,21-22H2,1-4H3,(H,33,37). The van der Waals surface area contributed by atoms with E-state index in [0.717, 1.165) is 28.3 Å². The highest BCUT2D eigenvalue weighted by atomic mass is 35.5. The van der Waals surface area contributed by atoms with E-state index >= 15 is 0 Å². The van der Waals surface area contributed by atoms with Crippen molar-refractivity contribution in [2.75, 3.05) is 24.5 Å². The first kappa shape index (κ1) is 32.0. The van der Waals surface area contributed by atoms with Crippen molar-refractivity contribution in [2.24, 2.45) is 0 Å². The average Bonchev–Trinajstić information content (AvgIpc) is 2.96. The molecule has 0 saturated carbocycles. The molecule has 0 aliphatic heterocycles. The van der Waals surface area contributed by atoms with Gasteiger partial charge in [0.1, 0.15) is 18.3 Å². The van der Waals surface area contributed by atoms with Gasteiger partial charge < -0.3 is 15.0 Å².